The number of halogens is 1. The first-order valence-corrected chi connectivity index (χ1v) is 4.47. The van der Waals surface area contributed by atoms with Crippen molar-refractivity contribution in [3.8, 4) is 0 Å². The molecule has 1 unspecified atom stereocenters. The highest BCUT2D eigenvalue weighted by Gasteiger charge is 2.04. The van der Waals surface area contributed by atoms with Crippen LogP contribution in [0.15, 0.2) is 33.9 Å². The lowest BCUT2D eigenvalue weighted by atomic mass is 10.1. The normalized spacial score (nSPS) is 11.8. The van der Waals surface area contributed by atoms with Gasteiger partial charge in [0.15, 0.2) is 0 Å². The lowest BCUT2D eigenvalue weighted by molar-refractivity contribution is 0.187. The third-order valence-corrected chi connectivity index (χ3v) is 2.10. The zero-order valence-corrected chi connectivity index (χ0v) is 8.35. The molecular formula is C8H8BrN3O. The van der Waals surface area contributed by atoms with Crippen molar-refractivity contribution < 1.29 is 5.11 Å². The minimum absolute atomic E-state index is 0.0676. The summed E-state index contributed by atoms with van der Waals surface area (Å²) in [6.07, 6.45) is -0.719. The summed E-state index contributed by atoms with van der Waals surface area (Å²) >= 11 is 3.28. The molecular weight excluding hydrogens is 234 g/mol. The topological polar surface area (TPSA) is 69.0 Å². The Hall–Kier alpha value is -1.03. The molecule has 0 amide bonds. The van der Waals surface area contributed by atoms with Gasteiger partial charge in [-0.15, -0.1) is 0 Å². The molecule has 0 aliphatic carbocycles. The Labute approximate surface area is 84.0 Å². The molecule has 0 saturated heterocycles. The molecule has 0 heterocycles. The predicted molar refractivity (Wildman–Crippen MR) is 53.1 cm³/mol. The van der Waals surface area contributed by atoms with Crippen molar-refractivity contribution in [3.05, 3.63) is 44.7 Å². The first-order valence-electron chi connectivity index (χ1n) is 3.68. The van der Waals surface area contributed by atoms with Gasteiger partial charge >= 0.3 is 0 Å². The number of nitrogens with zero attached hydrogens (tertiary/aromatic N) is 3. The highest BCUT2D eigenvalue weighted by molar-refractivity contribution is 9.10. The molecule has 1 rings (SSSR count). The van der Waals surface area contributed by atoms with E-state index in [1.165, 1.54) is 0 Å². The molecule has 5 heteroatoms. The average Bonchev–Trinajstić information content (AvgIpc) is 2.15. The maximum absolute atomic E-state index is 9.46. The van der Waals surface area contributed by atoms with Crippen molar-refractivity contribution >= 4 is 15.9 Å². The fourth-order valence-corrected chi connectivity index (χ4v) is 1.17. The standard InChI is InChI=1S/C8H8BrN3O/c9-7-3-1-6(2-4-7)8(13)5-11-12-10/h1-4,8,13H,5H2. The molecule has 1 atom stereocenters. The summed E-state index contributed by atoms with van der Waals surface area (Å²) in [7, 11) is 0. The summed E-state index contributed by atoms with van der Waals surface area (Å²) in [5, 5.41) is 12.8. The second-order valence-corrected chi connectivity index (χ2v) is 3.40. The zero-order valence-electron chi connectivity index (χ0n) is 6.76. The molecule has 0 aliphatic rings. The number of hydrogen-bond donors (Lipinski definition) is 1. The van der Waals surface area contributed by atoms with E-state index in [9.17, 15) is 5.11 Å². The third-order valence-electron chi connectivity index (χ3n) is 1.57. The van der Waals surface area contributed by atoms with Gasteiger partial charge in [0.05, 0.1) is 12.6 Å². The number of benzene rings is 1. The highest BCUT2D eigenvalue weighted by atomic mass is 79.9. The Morgan fingerprint density at radius 2 is 2.08 bits per heavy atom. The second-order valence-electron chi connectivity index (χ2n) is 2.48. The Bertz CT molecular complexity index is 319. The molecule has 0 bridgehead atoms. The molecule has 0 aromatic heterocycles. The lowest BCUT2D eigenvalue weighted by Crippen LogP contribution is -1.99. The quantitative estimate of drug-likeness (QED) is 0.494. The molecule has 68 valence electrons. The van der Waals surface area contributed by atoms with E-state index in [4.69, 9.17) is 5.53 Å². The van der Waals surface area contributed by atoms with Crippen LogP contribution in [0, 0.1) is 0 Å². The first kappa shape index (κ1) is 10.1. The van der Waals surface area contributed by atoms with E-state index in [2.05, 4.69) is 26.0 Å². The van der Waals surface area contributed by atoms with E-state index in [1.807, 2.05) is 12.1 Å². The smallest absolute Gasteiger partial charge is 0.0846 e. The highest BCUT2D eigenvalue weighted by Crippen LogP contribution is 2.16. The molecule has 1 aromatic carbocycles. The van der Waals surface area contributed by atoms with E-state index in [1.54, 1.807) is 12.1 Å². The van der Waals surface area contributed by atoms with Gasteiger partial charge in [0.25, 0.3) is 0 Å². The van der Waals surface area contributed by atoms with Gasteiger partial charge in [-0.25, -0.2) is 0 Å². The fraction of sp³-hybridized carbons (Fsp3) is 0.250. The van der Waals surface area contributed by atoms with Crippen LogP contribution < -0.4 is 0 Å². The number of aliphatic hydroxyl groups is 1. The predicted octanol–water partition coefficient (Wildman–Crippen LogP) is 2.79. The number of rotatable bonds is 3. The van der Waals surface area contributed by atoms with Gasteiger partial charge in [-0.3, -0.25) is 0 Å². The molecule has 0 aliphatic heterocycles. The number of hydrogen-bond acceptors (Lipinski definition) is 2. The second kappa shape index (κ2) is 4.87. The Morgan fingerprint density at radius 1 is 1.46 bits per heavy atom. The van der Waals surface area contributed by atoms with Gasteiger partial charge in [0, 0.05) is 9.38 Å². The summed E-state index contributed by atoms with van der Waals surface area (Å²) in [6.45, 7) is 0.0676. The van der Waals surface area contributed by atoms with Crippen LogP contribution in [0.4, 0.5) is 0 Å². The van der Waals surface area contributed by atoms with Crippen LogP contribution in [-0.2, 0) is 0 Å². The van der Waals surface area contributed by atoms with E-state index >= 15 is 0 Å². The summed E-state index contributed by atoms with van der Waals surface area (Å²) in [5.41, 5.74) is 8.79. The molecule has 1 N–H and O–H groups in total. The fourth-order valence-electron chi connectivity index (χ4n) is 0.904. The molecule has 1 aromatic rings. The van der Waals surface area contributed by atoms with Gasteiger partial charge in [-0.2, -0.15) is 0 Å². The van der Waals surface area contributed by atoms with Gasteiger partial charge in [-0.05, 0) is 23.2 Å². The molecule has 13 heavy (non-hydrogen) atoms. The summed E-state index contributed by atoms with van der Waals surface area (Å²) < 4.78 is 0.951. The van der Waals surface area contributed by atoms with E-state index in [0.717, 1.165) is 10.0 Å². The molecule has 0 radical (unpaired) electrons. The minimum atomic E-state index is -0.719. The molecule has 0 fully saturated rings. The molecule has 0 spiro atoms. The maximum atomic E-state index is 9.46. The van der Waals surface area contributed by atoms with Crippen LogP contribution in [-0.4, -0.2) is 11.7 Å². The Kier molecular flexibility index (Phi) is 3.76. The van der Waals surface area contributed by atoms with Crippen molar-refractivity contribution in [1.29, 1.82) is 0 Å². The summed E-state index contributed by atoms with van der Waals surface area (Å²) in [5.74, 6) is 0. The van der Waals surface area contributed by atoms with Gasteiger partial charge in [0.1, 0.15) is 0 Å². The first-order chi connectivity index (χ1) is 6.24. The Balaban J connectivity index is 2.71. The van der Waals surface area contributed by atoms with Crippen LogP contribution >= 0.6 is 15.9 Å². The van der Waals surface area contributed by atoms with Crippen LogP contribution in [0.25, 0.3) is 10.4 Å². The summed E-state index contributed by atoms with van der Waals surface area (Å²) in [6, 6.07) is 7.21. The van der Waals surface area contributed by atoms with Crippen molar-refractivity contribution in [2.75, 3.05) is 6.54 Å². The van der Waals surface area contributed by atoms with Crippen molar-refractivity contribution in [3.63, 3.8) is 0 Å². The van der Waals surface area contributed by atoms with Crippen LogP contribution in [0.2, 0.25) is 0 Å². The molecule has 4 nitrogen and oxygen atoms in total. The van der Waals surface area contributed by atoms with Gasteiger partial charge in [0.2, 0.25) is 0 Å². The van der Waals surface area contributed by atoms with Gasteiger partial charge in [-0.1, -0.05) is 33.2 Å². The van der Waals surface area contributed by atoms with Crippen LogP contribution in [0.5, 0.6) is 0 Å². The maximum Gasteiger partial charge on any atom is 0.0846 e. The zero-order chi connectivity index (χ0) is 9.68. The average molecular weight is 242 g/mol. The van der Waals surface area contributed by atoms with Crippen molar-refractivity contribution in [2.45, 2.75) is 6.10 Å². The number of azide groups is 1. The number of aliphatic hydroxyl groups excluding tert-OH is 1. The van der Waals surface area contributed by atoms with Crippen LogP contribution in [0.3, 0.4) is 0 Å². The SMILES string of the molecule is [N-]=[N+]=NCC(O)c1ccc(Br)cc1. The third kappa shape index (κ3) is 3.06. The molecule has 0 saturated carbocycles. The van der Waals surface area contributed by atoms with E-state index in [-0.39, 0.29) is 6.54 Å². The van der Waals surface area contributed by atoms with Crippen LogP contribution in [0.1, 0.15) is 11.7 Å². The minimum Gasteiger partial charge on any atom is -0.388 e. The van der Waals surface area contributed by atoms with E-state index in [0.29, 0.717) is 0 Å². The lowest BCUT2D eigenvalue weighted by Gasteiger charge is -2.06. The van der Waals surface area contributed by atoms with Crippen molar-refractivity contribution in [2.24, 2.45) is 5.11 Å². The Morgan fingerprint density at radius 3 is 2.62 bits per heavy atom. The largest absolute Gasteiger partial charge is 0.388 e. The van der Waals surface area contributed by atoms with E-state index < -0.39 is 6.10 Å². The van der Waals surface area contributed by atoms with Crippen molar-refractivity contribution in [1.82, 2.24) is 0 Å². The van der Waals surface area contributed by atoms with Gasteiger partial charge < -0.3 is 5.11 Å². The summed E-state index contributed by atoms with van der Waals surface area (Å²) in [4.78, 5) is 2.57. The monoisotopic (exact) mass is 241 g/mol.